The van der Waals surface area contributed by atoms with Crippen LogP contribution in [0.15, 0.2) is 59.9 Å². The van der Waals surface area contributed by atoms with Crippen LogP contribution in [0, 0.1) is 6.92 Å². The van der Waals surface area contributed by atoms with Gasteiger partial charge in [0.15, 0.2) is 5.96 Å². The number of aryl methyl sites for hydroxylation is 1. The summed E-state index contributed by atoms with van der Waals surface area (Å²) in [7, 11) is 0. The second-order valence-electron chi connectivity index (χ2n) is 6.17. The van der Waals surface area contributed by atoms with E-state index in [-0.39, 0.29) is 24.0 Å². The Bertz CT molecular complexity index is 884. The van der Waals surface area contributed by atoms with E-state index in [2.05, 4.69) is 39.4 Å². The topological polar surface area (TPSA) is 71.4 Å². The van der Waals surface area contributed by atoms with Crippen molar-refractivity contribution in [3.05, 3.63) is 76.0 Å². The van der Waals surface area contributed by atoms with Gasteiger partial charge >= 0.3 is 0 Å². The predicted molar refractivity (Wildman–Crippen MR) is 129 cm³/mol. The summed E-state index contributed by atoms with van der Waals surface area (Å²) in [5.41, 5.74) is 2.03. The molecule has 2 heterocycles. The molecule has 0 spiro atoms. The molecule has 0 saturated carbocycles. The van der Waals surface area contributed by atoms with Crippen molar-refractivity contribution < 1.29 is 4.74 Å². The van der Waals surface area contributed by atoms with Crippen LogP contribution in [0.1, 0.15) is 28.1 Å². The van der Waals surface area contributed by atoms with Crippen molar-refractivity contribution in [3.8, 4) is 5.75 Å². The molecule has 0 aliphatic heterocycles. The largest absolute Gasteiger partial charge is 0.487 e. The Hall–Kier alpha value is -2.20. The van der Waals surface area contributed by atoms with Gasteiger partial charge in [0.2, 0.25) is 0 Å². The molecule has 0 atom stereocenters. The lowest BCUT2D eigenvalue weighted by Crippen LogP contribution is -2.36. The van der Waals surface area contributed by atoms with Crippen molar-refractivity contribution in [1.29, 1.82) is 0 Å². The number of nitrogens with zero attached hydrogens (tertiary/aromatic N) is 3. The molecule has 0 radical (unpaired) electrons. The molecule has 0 bridgehead atoms. The molecule has 0 aliphatic rings. The van der Waals surface area contributed by atoms with Gasteiger partial charge in [0.1, 0.15) is 17.4 Å². The maximum absolute atomic E-state index is 5.77. The molecule has 0 aliphatic carbocycles. The summed E-state index contributed by atoms with van der Waals surface area (Å²) in [4.78, 5) is 14.5. The lowest BCUT2D eigenvalue weighted by molar-refractivity contribution is 0.301. The van der Waals surface area contributed by atoms with E-state index in [0.29, 0.717) is 19.7 Å². The van der Waals surface area contributed by atoms with Gasteiger partial charge in [0, 0.05) is 23.8 Å². The molecule has 2 aromatic heterocycles. The third-order valence-electron chi connectivity index (χ3n) is 3.88. The minimum absolute atomic E-state index is 0. The maximum Gasteiger partial charge on any atom is 0.191 e. The lowest BCUT2D eigenvalue weighted by atomic mass is 10.2. The van der Waals surface area contributed by atoms with Gasteiger partial charge in [0.25, 0.3) is 0 Å². The smallest absolute Gasteiger partial charge is 0.191 e. The van der Waals surface area contributed by atoms with E-state index >= 15 is 0 Å². The number of pyridine rings is 1. The molecule has 29 heavy (non-hydrogen) atoms. The van der Waals surface area contributed by atoms with Crippen LogP contribution in [-0.4, -0.2) is 22.5 Å². The Morgan fingerprint density at radius 3 is 2.59 bits per heavy atom. The average molecular weight is 523 g/mol. The third kappa shape index (κ3) is 7.98. The Labute approximate surface area is 192 Å². The fraction of sp³-hybridized carbons (Fsp3) is 0.286. The normalized spacial score (nSPS) is 10.9. The zero-order valence-electron chi connectivity index (χ0n) is 16.6. The fourth-order valence-electron chi connectivity index (χ4n) is 2.49. The van der Waals surface area contributed by atoms with Crippen LogP contribution in [0.3, 0.4) is 0 Å². The first-order chi connectivity index (χ1) is 13.7. The van der Waals surface area contributed by atoms with Gasteiger partial charge in [0.05, 0.1) is 18.8 Å². The number of hydrogen-bond acceptors (Lipinski definition) is 5. The summed E-state index contributed by atoms with van der Waals surface area (Å²) in [5, 5.41) is 7.64. The summed E-state index contributed by atoms with van der Waals surface area (Å²) < 4.78 is 5.77. The molecule has 6 nitrogen and oxygen atoms in total. The number of ether oxygens (including phenoxy) is 1. The van der Waals surface area contributed by atoms with Crippen molar-refractivity contribution in [2.24, 2.45) is 4.99 Å². The summed E-state index contributed by atoms with van der Waals surface area (Å²) >= 11 is 1.69. The summed E-state index contributed by atoms with van der Waals surface area (Å²) in [6.07, 6.45) is 3.66. The van der Waals surface area contributed by atoms with E-state index in [4.69, 9.17) is 4.74 Å². The van der Waals surface area contributed by atoms with Gasteiger partial charge in [-0.25, -0.2) is 9.98 Å². The van der Waals surface area contributed by atoms with Crippen LogP contribution in [0.5, 0.6) is 5.75 Å². The number of aliphatic imine (C=N–C) groups is 1. The van der Waals surface area contributed by atoms with Crippen LogP contribution in [0.25, 0.3) is 0 Å². The minimum Gasteiger partial charge on any atom is -0.487 e. The minimum atomic E-state index is 0. The first-order valence-corrected chi connectivity index (χ1v) is 10.1. The molecule has 2 N–H and O–H groups in total. The number of rotatable bonds is 8. The van der Waals surface area contributed by atoms with Gasteiger partial charge in [-0.2, -0.15) is 0 Å². The van der Waals surface area contributed by atoms with E-state index < -0.39 is 0 Å². The molecule has 3 aromatic rings. The van der Waals surface area contributed by atoms with Crippen molar-refractivity contribution in [2.75, 3.05) is 6.54 Å². The average Bonchev–Trinajstić information content (AvgIpc) is 3.15. The van der Waals surface area contributed by atoms with Crippen molar-refractivity contribution >= 4 is 41.3 Å². The number of benzene rings is 1. The molecule has 0 unspecified atom stereocenters. The highest BCUT2D eigenvalue weighted by Gasteiger charge is 2.02. The first-order valence-electron chi connectivity index (χ1n) is 9.28. The molecular formula is C21H26IN5OS. The molecule has 0 saturated heterocycles. The number of nitrogens with one attached hydrogen (secondary N) is 2. The molecule has 8 heteroatoms. The first kappa shape index (κ1) is 23.1. The van der Waals surface area contributed by atoms with Gasteiger partial charge in [-0.05, 0) is 43.7 Å². The molecule has 0 fully saturated rings. The number of guanidine groups is 1. The Morgan fingerprint density at radius 2 is 1.93 bits per heavy atom. The highest BCUT2D eigenvalue weighted by Crippen LogP contribution is 2.14. The van der Waals surface area contributed by atoms with E-state index in [1.54, 1.807) is 17.5 Å². The summed E-state index contributed by atoms with van der Waals surface area (Å²) in [5.74, 6) is 1.60. The second-order valence-corrected chi connectivity index (χ2v) is 7.49. The van der Waals surface area contributed by atoms with E-state index in [1.165, 1.54) is 4.88 Å². The van der Waals surface area contributed by atoms with Crippen LogP contribution in [0.2, 0.25) is 0 Å². The van der Waals surface area contributed by atoms with E-state index in [0.717, 1.165) is 34.5 Å². The van der Waals surface area contributed by atoms with Crippen molar-refractivity contribution in [2.45, 2.75) is 33.5 Å². The summed E-state index contributed by atoms with van der Waals surface area (Å²) in [6, 6.07) is 13.8. The van der Waals surface area contributed by atoms with Gasteiger partial charge < -0.3 is 15.4 Å². The number of halogens is 1. The molecular weight excluding hydrogens is 497 g/mol. The number of aromatic nitrogens is 2. The maximum atomic E-state index is 5.77. The Kier molecular flexibility index (Phi) is 9.85. The molecule has 3 rings (SSSR count). The monoisotopic (exact) mass is 523 g/mol. The standard InChI is InChI=1S/C21H25N5OS.HI/c1-3-22-21(26-14-20-24-12-16(2)28-20)25-13-17-7-9-19(10-8-17)27-15-18-6-4-5-11-23-18;/h4-12H,3,13-15H2,1-2H3,(H2,22,25,26);1H. The summed E-state index contributed by atoms with van der Waals surface area (Å²) in [6.45, 7) is 6.64. The molecule has 0 amide bonds. The lowest BCUT2D eigenvalue weighted by Gasteiger charge is -2.10. The number of hydrogen-bond donors (Lipinski definition) is 2. The SMILES string of the molecule is CCNC(=NCc1ccc(OCc2ccccn2)cc1)NCc1ncc(C)s1.I. The van der Waals surface area contributed by atoms with E-state index in [9.17, 15) is 0 Å². The highest BCUT2D eigenvalue weighted by molar-refractivity contribution is 14.0. The Morgan fingerprint density at radius 1 is 1.10 bits per heavy atom. The zero-order chi connectivity index (χ0) is 19.6. The number of thiazole rings is 1. The van der Waals surface area contributed by atoms with Crippen LogP contribution < -0.4 is 15.4 Å². The van der Waals surface area contributed by atoms with Crippen molar-refractivity contribution in [1.82, 2.24) is 20.6 Å². The second kappa shape index (κ2) is 12.4. The fourth-order valence-corrected chi connectivity index (χ4v) is 3.21. The quantitative estimate of drug-likeness (QED) is 0.262. The van der Waals surface area contributed by atoms with E-state index in [1.807, 2.05) is 48.7 Å². The Balaban J connectivity index is 0.00000300. The predicted octanol–water partition coefficient (Wildman–Crippen LogP) is 4.30. The van der Waals surface area contributed by atoms with Crippen molar-refractivity contribution in [3.63, 3.8) is 0 Å². The molecule has 154 valence electrons. The van der Waals surface area contributed by atoms with Crippen LogP contribution in [0.4, 0.5) is 0 Å². The van der Waals surface area contributed by atoms with Gasteiger partial charge in [-0.1, -0.05) is 18.2 Å². The van der Waals surface area contributed by atoms with Gasteiger partial charge in [-0.3, -0.25) is 4.98 Å². The zero-order valence-corrected chi connectivity index (χ0v) is 19.7. The van der Waals surface area contributed by atoms with Gasteiger partial charge in [-0.15, -0.1) is 35.3 Å². The van der Waals surface area contributed by atoms with Crippen LogP contribution in [-0.2, 0) is 19.7 Å². The molecule has 1 aromatic carbocycles. The third-order valence-corrected chi connectivity index (χ3v) is 4.79. The van der Waals surface area contributed by atoms with Crippen LogP contribution >= 0.6 is 35.3 Å². The highest BCUT2D eigenvalue weighted by atomic mass is 127.